The maximum Gasteiger partial charge on any atom is 0.333 e. The van der Waals surface area contributed by atoms with Crippen LogP contribution in [0.2, 0.25) is 0 Å². The zero-order chi connectivity index (χ0) is 17.9. The monoisotopic (exact) mass is 316 g/mol. The van der Waals surface area contributed by atoms with Crippen LogP contribution in [0.4, 0.5) is 0 Å². The third-order valence-electron chi connectivity index (χ3n) is 4.10. The number of hydrogen-bond acceptors (Lipinski definition) is 6. The van der Waals surface area contributed by atoms with Crippen molar-refractivity contribution in [2.24, 2.45) is 5.92 Å². The lowest BCUT2D eigenvalue weighted by Crippen LogP contribution is -2.50. The highest BCUT2D eigenvalue weighted by Gasteiger charge is 2.48. The number of esters is 1. The van der Waals surface area contributed by atoms with Crippen LogP contribution in [0.5, 0.6) is 0 Å². The lowest BCUT2D eigenvalue weighted by molar-refractivity contribution is -0.580. The van der Waals surface area contributed by atoms with E-state index in [2.05, 4.69) is 6.58 Å². The van der Waals surface area contributed by atoms with E-state index in [0.717, 1.165) is 0 Å². The van der Waals surface area contributed by atoms with Crippen molar-refractivity contribution in [1.29, 1.82) is 0 Å². The van der Waals surface area contributed by atoms with Gasteiger partial charge in [-0.3, -0.25) is 20.2 Å². The average molecular weight is 316 g/mol. The van der Waals surface area contributed by atoms with Crippen LogP contribution in [-0.2, 0) is 9.53 Å². The molecule has 0 saturated carbocycles. The van der Waals surface area contributed by atoms with Crippen molar-refractivity contribution in [2.75, 3.05) is 0 Å². The van der Waals surface area contributed by atoms with Gasteiger partial charge in [0.25, 0.3) is 5.54 Å². The van der Waals surface area contributed by atoms with Crippen LogP contribution in [0.1, 0.15) is 48.0 Å². The number of carbonyl (C=O) groups is 1. The Balaban J connectivity index is 5.43. The number of nitro groups is 2. The smallest absolute Gasteiger partial charge is 0.333 e. The van der Waals surface area contributed by atoms with Gasteiger partial charge in [-0.1, -0.05) is 13.5 Å². The van der Waals surface area contributed by atoms with Crippen molar-refractivity contribution in [3.63, 3.8) is 0 Å². The fourth-order valence-electron chi connectivity index (χ4n) is 1.62. The van der Waals surface area contributed by atoms with Gasteiger partial charge in [0.1, 0.15) is 0 Å². The highest BCUT2D eigenvalue weighted by molar-refractivity contribution is 5.87. The molecule has 0 N–H and O–H groups in total. The topological polar surface area (TPSA) is 113 Å². The van der Waals surface area contributed by atoms with E-state index in [1.165, 1.54) is 34.6 Å². The number of carbonyl (C=O) groups excluding carboxylic acids is 1. The average Bonchev–Trinajstić information content (AvgIpc) is 2.36. The van der Waals surface area contributed by atoms with Gasteiger partial charge in [0.05, 0.1) is 0 Å². The van der Waals surface area contributed by atoms with Crippen molar-refractivity contribution >= 4 is 5.97 Å². The number of ether oxygens (including phenoxy) is 1. The molecule has 22 heavy (non-hydrogen) atoms. The van der Waals surface area contributed by atoms with Crippen molar-refractivity contribution < 1.29 is 19.4 Å². The maximum atomic E-state index is 11.7. The summed E-state index contributed by atoms with van der Waals surface area (Å²) >= 11 is 0. The molecule has 0 saturated heterocycles. The van der Waals surface area contributed by atoms with E-state index >= 15 is 0 Å². The Morgan fingerprint density at radius 2 is 1.55 bits per heavy atom. The molecule has 0 amide bonds. The fraction of sp³-hybridized carbons (Fsp3) is 0.786. The van der Waals surface area contributed by atoms with Gasteiger partial charge in [0, 0.05) is 55.5 Å². The SMILES string of the molecule is C=C(C)C(=O)OC(CC(C)C(C)(C)[N+](=O)[O-])C(C)(C)[N+](=O)[O-]. The molecule has 2 atom stereocenters. The summed E-state index contributed by atoms with van der Waals surface area (Å²) in [7, 11) is 0. The summed E-state index contributed by atoms with van der Waals surface area (Å²) < 4.78 is 5.18. The van der Waals surface area contributed by atoms with Crippen molar-refractivity contribution in [2.45, 2.75) is 65.1 Å². The van der Waals surface area contributed by atoms with Crippen molar-refractivity contribution in [3.05, 3.63) is 32.4 Å². The van der Waals surface area contributed by atoms with Gasteiger partial charge >= 0.3 is 5.97 Å². The molecule has 0 radical (unpaired) electrons. The zero-order valence-corrected chi connectivity index (χ0v) is 13.9. The van der Waals surface area contributed by atoms with Gasteiger partial charge in [-0.25, -0.2) is 4.79 Å². The summed E-state index contributed by atoms with van der Waals surface area (Å²) in [5.41, 5.74) is -2.74. The largest absolute Gasteiger partial charge is 0.451 e. The molecule has 0 aliphatic rings. The van der Waals surface area contributed by atoms with Crippen molar-refractivity contribution in [1.82, 2.24) is 0 Å². The predicted octanol–water partition coefficient (Wildman–Crippen LogP) is 2.61. The molecule has 0 aliphatic heterocycles. The van der Waals surface area contributed by atoms with Gasteiger partial charge in [-0.2, -0.15) is 0 Å². The Hall–Kier alpha value is -1.99. The first-order chi connectivity index (χ1) is 9.74. The maximum absolute atomic E-state index is 11.7. The quantitative estimate of drug-likeness (QED) is 0.294. The van der Waals surface area contributed by atoms with E-state index in [1.54, 1.807) is 6.92 Å². The minimum Gasteiger partial charge on any atom is -0.451 e. The minimum absolute atomic E-state index is 0.000972. The molecular formula is C14H24N2O6. The molecule has 0 fully saturated rings. The second kappa shape index (κ2) is 6.85. The fourth-order valence-corrected chi connectivity index (χ4v) is 1.62. The molecule has 0 heterocycles. The van der Waals surface area contributed by atoms with E-state index in [0.29, 0.717) is 0 Å². The number of hydrogen-bond donors (Lipinski definition) is 0. The summed E-state index contributed by atoms with van der Waals surface area (Å²) in [6, 6.07) is 0. The Morgan fingerprint density at radius 1 is 1.14 bits per heavy atom. The molecule has 0 aromatic rings. The highest BCUT2D eigenvalue weighted by Crippen LogP contribution is 2.30. The second-order valence-electron chi connectivity index (χ2n) is 6.63. The third kappa shape index (κ3) is 4.51. The highest BCUT2D eigenvalue weighted by atomic mass is 16.6. The first-order valence-electron chi connectivity index (χ1n) is 6.90. The van der Waals surface area contributed by atoms with Crippen LogP contribution in [0.3, 0.4) is 0 Å². The summed E-state index contributed by atoms with van der Waals surface area (Å²) in [4.78, 5) is 33.1. The minimum atomic E-state index is -1.56. The second-order valence-corrected chi connectivity index (χ2v) is 6.63. The number of nitrogens with zero attached hydrogens (tertiary/aromatic N) is 2. The molecule has 0 rings (SSSR count). The summed E-state index contributed by atoms with van der Waals surface area (Å²) in [6.07, 6.45) is -1.10. The summed E-state index contributed by atoms with van der Waals surface area (Å²) in [5.74, 6) is -1.28. The van der Waals surface area contributed by atoms with E-state index in [4.69, 9.17) is 4.74 Å². The first-order valence-corrected chi connectivity index (χ1v) is 6.90. The lowest BCUT2D eigenvalue weighted by Gasteiger charge is -2.31. The molecule has 2 unspecified atom stereocenters. The zero-order valence-electron chi connectivity index (χ0n) is 13.9. The Bertz CT molecular complexity index is 484. The van der Waals surface area contributed by atoms with Gasteiger partial charge < -0.3 is 4.74 Å². The molecule has 126 valence electrons. The first kappa shape index (κ1) is 20.0. The van der Waals surface area contributed by atoms with Crippen molar-refractivity contribution in [3.8, 4) is 0 Å². The molecule has 0 spiro atoms. The van der Waals surface area contributed by atoms with Crippen LogP contribution in [0, 0.1) is 26.1 Å². The van der Waals surface area contributed by atoms with Gasteiger partial charge in [-0.05, 0) is 6.92 Å². The van der Waals surface area contributed by atoms with Gasteiger partial charge in [0.15, 0.2) is 6.10 Å². The van der Waals surface area contributed by atoms with Crippen LogP contribution in [-0.4, -0.2) is 33.0 Å². The van der Waals surface area contributed by atoms with E-state index in [9.17, 15) is 25.0 Å². The van der Waals surface area contributed by atoms with E-state index < -0.39 is 38.9 Å². The van der Waals surface area contributed by atoms with Crippen LogP contribution >= 0.6 is 0 Å². The van der Waals surface area contributed by atoms with E-state index in [-0.39, 0.29) is 12.0 Å². The van der Waals surface area contributed by atoms with Crippen LogP contribution in [0.15, 0.2) is 12.2 Å². The standard InChI is InChI=1S/C14H24N2O6/c1-9(2)12(17)22-11(14(6,7)16(20)21)8-10(3)13(4,5)15(18)19/h10-11H,1,8H2,2-7H3. The number of rotatable bonds is 8. The molecular weight excluding hydrogens is 292 g/mol. The molecule has 8 heteroatoms. The lowest BCUT2D eigenvalue weighted by atomic mass is 9.81. The van der Waals surface area contributed by atoms with Crippen LogP contribution in [0.25, 0.3) is 0 Å². The predicted molar refractivity (Wildman–Crippen MR) is 80.6 cm³/mol. The van der Waals surface area contributed by atoms with Crippen LogP contribution < -0.4 is 0 Å². The molecule has 0 aromatic heterocycles. The van der Waals surface area contributed by atoms with Gasteiger partial charge in [0.2, 0.25) is 5.54 Å². The molecule has 0 bridgehead atoms. The Kier molecular flexibility index (Phi) is 6.23. The molecule has 0 aromatic carbocycles. The summed E-state index contributed by atoms with van der Waals surface area (Å²) in [6.45, 7) is 12.0. The Morgan fingerprint density at radius 3 is 1.86 bits per heavy atom. The normalized spacial score (nSPS) is 14.8. The summed E-state index contributed by atoms with van der Waals surface area (Å²) in [5, 5.41) is 22.3. The molecule has 8 nitrogen and oxygen atoms in total. The van der Waals surface area contributed by atoms with E-state index in [1.807, 2.05) is 0 Å². The third-order valence-corrected chi connectivity index (χ3v) is 4.10. The Labute approximate surface area is 129 Å². The van der Waals surface area contributed by atoms with Gasteiger partial charge in [-0.15, -0.1) is 0 Å². The molecule has 0 aliphatic carbocycles.